The molecule has 0 saturated carbocycles. The topological polar surface area (TPSA) is 30.2 Å². The Hall–Kier alpha value is -2.09. The fourth-order valence-corrected chi connectivity index (χ4v) is 3.46. The van der Waals surface area contributed by atoms with Crippen molar-refractivity contribution in [3.63, 3.8) is 0 Å². The monoisotopic (exact) mass is 250 g/mol. The predicted molar refractivity (Wildman–Crippen MR) is 73.3 cm³/mol. The summed E-state index contributed by atoms with van der Waals surface area (Å²) in [4.78, 5) is 12.5. The molecule has 0 fully saturated rings. The van der Waals surface area contributed by atoms with Crippen molar-refractivity contribution in [2.75, 3.05) is 0 Å². The maximum atomic E-state index is 12.5. The van der Waals surface area contributed by atoms with Crippen LogP contribution in [0.3, 0.4) is 0 Å². The van der Waals surface area contributed by atoms with Gasteiger partial charge in [0.2, 0.25) is 5.78 Å². The minimum absolute atomic E-state index is 0.0176. The van der Waals surface area contributed by atoms with Crippen LogP contribution in [0.4, 0.5) is 0 Å². The highest BCUT2D eigenvalue weighted by Crippen LogP contribution is 2.50. The summed E-state index contributed by atoms with van der Waals surface area (Å²) >= 11 is 0. The number of carbonyl (C=O) groups is 1. The van der Waals surface area contributed by atoms with Gasteiger partial charge in [0.05, 0.1) is 6.26 Å². The van der Waals surface area contributed by atoms with Crippen LogP contribution in [0.5, 0.6) is 0 Å². The molecule has 0 saturated heterocycles. The number of hydrogen-bond donors (Lipinski definition) is 0. The Morgan fingerprint density at radius 2 is 2.00 bits per heavy atom. The van der Waals surface area contributed by atoms with Crippen LogP contribution < -0.4 is 0 Å². The number of hydrogen-bond acceptors (Lipinski definition) is 2. The highest BCUT2D eigenvalue weighted by molar-refractivity contribution is 6.12. The molecule has 1 unspecified atom stereocenters. The zero-order valence-corrected chi connectivity index (χ0v) is 11.0. The molecule has 2 aliphatic carbocycles. The van der Waals surface area contributed by atoms with Gasteiger partial charge in [-0.15, -0.1) is 0 Å². The third-order valence-corrected chi connectivity index (χ3v) is 4.56. The third kappa shape index (κ3) is 1.14. The maximum Gasteiger partial charge on any atom is 0.228 e. The zero-order valence-electron chi connectivity index (χ0n) is 11.0. The number of ketones is 1. The van der Waals surface area contributed by atoms with Gasteiger partial charge in [-0.05, 0) is 24.5 Å². The van der Waals surface area contributed by atoms with Gasteiger partial charge in [0.1, 0.15) is 0 Å². The average Bonchev–Trinajstić information content (AvgIpc) is 2.88. The van der Waals surface area contributed by atoms with E-state index in [9.17, 15) is 4.79 Å². The van der Waals surface area contributed by atoms with E-state index >= 15 is 0 Å². The Kier molecular flexibility index (Phi) is 1.86. The molecule has 1 aromatic heterocycles. The quantitative estimate of drug-likeness (QED) is 0.709. The van der Waals surface area contributed by atoms with Crippen LogP contribution in [0.2, 0.25) is 0 Å². The second-order valence-electron chi connectivity index (χ2n) is 5.65. The van der Waals surface area contributed by atoms with Crippen LogP contribution in [0.1, 0.15) is 53.1 Å². The lowest BCUT2D eigenvalue weighted by molar-refractivity contribution is 0.0999. The lowest BCUT2D eigenvalue weighted by Gasteiger charge is -2.37. The van der Waals surface area contributed by atoms with Gasteiger partial charge in [-0.2, -0.15) is 0 Å². The molecular formula is C17H14O2. The smallest absolute Gasteiger partial charge is 0.228 e. The molecule has 1 heterocycles. The molecule has 0 aliphatic heterocycles. The first kappa shape index (κ1) is 10.8. The van der Waals surface area contributed by atoms with E-state index in [0.29, 0.717) is 5.76 Å². The number of furan rings is 1. The molecule has 0 spiro atoms. The number of fused-ring (bicyclic) bond motifs is 2. The molecule has 2 aliphatic rings. The predicted octanol–water partition coefficient (Wildman–Crippen LogP) is 3.94. The second-order valence-corrected chi connectivity index (χ2v) is 5.65. The summed E-state index contributed by atoms with van der Waals surface area (Å²) in [6.07, 6.45) is 4.90. The van der Waals surface area contributed by atoms with Gasteiger partial charge >= 0.3 is 0 Å². The molecule has 0 bridgehead atoms. The van der Waals surface area contributed by atoms with Crippen LogP contribution >= 0.6 is 0 Å². The van der Waals surface area contributed by atoms with Crippen molar-refractivity contribution in [3.8, 4) is 0 Å². The summed E-state index contributed by atoms with van der Waals surface area (Å²) in [5.41, 5.74) is 5.14. The minimum atomic E-state index is -0.137. The first-order chi connectivity index (χ1) is 9.13. The van der Waals surface area contributed by atoms with Crippen molar-refractivity contribution in [2.24, 2.45) is 0 Å². The van der Waals surface area contributed by atoms with E-state index in [0.717, 1.165) is 28.7 Å². The van der Waals surface area contributed by atoms with Crippen LogP contribution in [0.15, 0.2) is 41.0 Å². The molecule has 2 heteroatoms. The Morgan fingerprint density at radius 3 is 2.84 bits per heavy atom. The van der Waals surface area contributed by atoms with Crippen molar-refractivity contribution in [1.82, 2.24) is 0 Å². The number of benzene rings is 1. The van der Waals surface area contributed by atoms with Gasteiger partial charge in [-0.25, -0.2) is 0 Å². The summed E-state index contributed by atoms with van der Waals surface area (Å²) in [5, 5.41) is 0. The molecule has 94 valence electrons. The van der Waals surface area contributed by atoms with Crippen LogP contribution in [-0.4, -0.2) is 5.78 Å². The number of rotatable bonds is 0. The first-order valence-electron chi connectivity index (χ1n) is 6.56. The molecule has 0 amide bonds. The lowest BCUT2D eigenvalue weighted by atomic mass is 9.64. The van der Waals surface area contributed by atoms with Gasteiger partial charge in [0.25, 0.3) is 0 Å². The molecule has 0 N–H and O–H groups in total. The Morgan fingerprint density at radius 1 is 1.21 bits per heavy atom. The van der Waals surface area contributed by atoms with Crippen molar-refractivity contribution in [1.29, 1.82) is 0 Å². The van der Waals surface area contributed by atoms with Gasteiger partial charge in [-0.1, -0.05) is 37.3 Å². The van der Waals surface area contributed by atoms with Crippen molar-refractivity contribution in [2.45, 2.75) is 25.7 Å². The largest absolute Gasteiger partial charge is 0.460 e. The first-order valence-corrected chi connectivity index (χ1v) is 6.56. The Bertz CT molecular complexity index is 748. The van der Waals surface area contributed by atoms with Crippen LogP contribution in [0.25, 0.3) is 5.57 Å². The van der Waals surface area contributed by atoms with E-state index < -0.39 is 0 Å². The van der Waals surface area contributed by atoms with E-state index in [1.807, 2.05) is 18.2 Å². The van der Waals surface area contributed by atoms with Crippen molar-refractivity contribution < 1.29 is 9.21 Å². The van der Waals surface area contributed by atoms with Crippen LogP contribution in [-0.2, 0) is 5.41 Å². The van der Waals surface area contributed by atoms with Gasteiger partial charge < -0.3 is 4.42 Å². The van der Waals surface area contributed by atoms with E-state index in [2.05, 4.69) is 26.0 Å². The molecule has 19 heavy (non-hydrogen) atoms. The molecule has 4 rings (SSSR count). The SMILES string of the molecule is CC1=CCC2(C)c3ccccc3C(=O)c3occ1c32. The fourth-order valence-electron chi connectivity index (χ4n) is 3.46. The van der Waals surface area contributed by atoms with E-state index in [-0.39, 0.29) is 11.2 Å². The number of carbonyl (C=O) groups excluding carboxylic acids is 1. The normalized spacial score (nSPS) is 23.7. The summed E-state index contributed by atoms with van der Waals surface area (Å²) < 4.78 is 5.60. The van der Waals surface area contributed by atoms with Crippen molar-refractivity contribution in [3.05, 3.63) is 64.6 Å². The summed E-state index contributed by atoms with van der Waals surface area (Å²) in [7, 11) is 0. The number of allylic oxidation sites excluding steroid dienone is 2. The summed E-state index contributed by atoms with van der Waals surface area (Å²) in [6, 6.07) is 7.90. The maximum absolute atomic E-state index is 12.5. The van der Waals surface area contributed by atoms with E-state index in [1.54, 1.807) is 6.26 Å². The standard InChI is InChI=1S/C17H14O2/c1-10-7-8-17(2)13-6-4-3-5-11(13)15(18)16-14(17)12(10)9-19-16/h3-7,9H,8H2,1-2H3. The highest BCUT2D eigenvalue weighted by atomic mass is 16.3. The van der Waals surface area contributed by atoms with Gasteiger partial charge in [0, 0.05) is 22.1 Å². The Labute approximate surface area is 111 Å². The highest BCUT2D eigenvalue weighted by Gasteiger charge is 2.45. The van der Waals surface area contributed by atoms with Crippen molar-refractivity contribution >= 4 is 11.4 Å². The average molecular weight is 250 g/mol. The van der Waals surface area contributed by atoms with Crippen LogP contribution in [0, 0.1) is 0 Å². The molecule has 2 aromatic rings. The Balaban J connectivity index is 2.13. The molecular weight excluding hydrogens is 236 g/mol. The summed E-state index contributed by atoms with van der Waals surface area (Å²) in [5.74, 6) is 0.549. The minimum Gasteiger partial charge on any atom is -0.460 e. The molecule has 0 radical (unpaired) electrons. The third-order valence-electron chi connectivity index (χ3n) is 4.56. The second kappa shape index (κ2) is 3.27. The lowest BCUT2D eigenvalue weighted by Crippen LogP contribution is -2.34. The molecule has 1 atom stereocenters. The molecule has 1 aromatic carbocycles. The van der Waals surface area contributed by atoms with E-state index in [1.165, 1.54) is 5.57 Å². The van der Waals surface area contributed by atoms with E-state index in [4.69, 9.17) is 4.42 Å². The molecule has 2 nitrogen and oxygen atoms in total. The fraction of sp³-hybridized carbons (Fsp3) is 0.235. The summed E-state index contributed by atoms with van der Waals surface area (Å²) in [6.45, 7) is 4.29. The zero-order chi connectivity index (χ0) is 13.2. The van der Waals surface area contributed by atoms with Gasteiger partial charge in [-0.3, -0.25) is 4.79 Å². The van der Waals surface area contributed by atoms with Gasteiger partial charge in [0.15, 0.2) is 5.76 Å².